The van der Waals surface area contributed by atoms with E-state index in [2.05, 4.69) is 21.8 Å². The van der Waals surface area contributed by atoms with Crippen molar-refractivity contribution in [3.05, 3.63) is 36.4 Å². The van der Waals surface area contributed by atoms with Crippen LogP contribution in [-0.2, 0) is 0 Å². The summed E-state index contributed by atoms with van der Waals surface area (Å²) in [6.45, 7) is 5.83. The number of H-pyrrole nitrogens is 1. The lowest BCUT2D eigenvalue weighted by Gasteiger charge is -1.96. The van der Waals surface area contributed by atoms with Gasteiger partial charge in [0.2, 0.25) is 5.16 Å². The Bertz CT molecular complexity index is 516. The van der Waals surface area contributed by atoms with Crippen LogP contribution in [0.4, 0.5) is 5.69 Å². The minimum Gasteiger partial charge on any atom is -0.399 e. The molecule has 0 spiro atoms. The summed E-state index contributed by atoms with van der Waals surface area (Å²) in [6.07, 6.45) is 0. The number of anilines is 1. The molecule has 0 bridgehead atoms. The number of aromatic amines is 1. The van der Waals surface area contributed by atoms with E-state index in [0.29, 0.717) is 0 Å². The quantitative estimate of drug-likeness (QED) is 0.494. The predicted octanol–water partition coefficient (Wildman–Crippen LogP) is 2.72. The number of aromatic nitrogens is 3. The molecule has 0 aliphatic heterocycles. The van der Waals surface area contributed by atoms with E-state index in [-0.39, 0.29) is 0 Å². The third kappa shape index (κ3) is 3.10. The number of rotatable bonds is 4. The van der Waals surface area contributed by atoms with Gasteiger partial charge in [0.25, 0.3) is 0 Å². The Morgan fingerprint density at radius 2 is 2.12 bits per heavy atom. The Morgan fingerprint density at radius 3 is 2.76 bits per heavy atom. The van der Waals surface area contributed by atoms with Crippen molar-refractivity contribution < 1.29 is 0 Å². The maximum atomic E-state index is 5.63. The van der Waals surface area contributed by atoms with Gasteiger partial charge >= 0.3 is 0 Å². The van der Waals surface area contributed by atoms with Crippen molar-refractivity contribution in [3.8, 4) is 11.4 Å². The molecule has 0 saturated carbocycles. The number of nitrogen functional groups attached to an aromatic ring is 1. The van der Waals surface area contributed by atoms with Crippen LogP contribution >= 0.6 is 11.8 Å². The van der Waals surface area contributed by atoms with Gasteiger partial charge in [0.15, 0.2) is 5.82 Å². The lowest BCUT2D eigenvalue weighted by molar-refractivity contribution is 0.974. The summed E-state index contributed by atoms with van der Waals surface area (Å²) in [5.74, 6) is 1.59. The van der Waals surface area contributed by atoms with Gasteiger partial charge in [-0.05, 0) is 31.2 Å². The molecule has 2 rings (SSSR count). The molecule has 0 unspecified atom stereocenters. The molecule has 0 amide bonds. The zero-order valence-corrected chi connectivity index (χ0v) is 10.4. The first kappa shape index (κ1) is 11.7. The Morgan fingerprint density at radius 1 is 1.41 bits per heavy atom. The summed E-state index contributed by atoms with van der Waals surface area (Å²) in [5.41, 5.74) is 8.46. The van der Waals surface area contributed by atoms with Gasteiger partial charge in [0, 0.05) is 17.0 Å². The average Bonchev–Trinajstić information content (AvgIpc) is 2.76. The van der Waals surface area contributed by atoms with Gasteiger partial charge in [0.05, 0.1) is 0 Å². The van der Waals surface area contributed by atoms with E-state index in [1.54, 1.807) is 11.8 Å². The highest BCUT2D eigenvalue weighted by molar-refractivity contribution is 7.99. The van der Waals surface area contributed by atoms with Gasteiger partial charge in [-0.1, -0.05) is 23.9 Å². The lowest BCUT2D eigenvalue weighted by atomic mass is 10.2. The highest BCUT2D eigenvalue weighted by Crippen LogP contribution is 2.20. The monoisotopic (exact) mass is 246 g/mol. The SMILES string of the molecule is C=C(C)CSc1n[nH]c(-c2ccc(N)cc2)n1. The summed E-state index contributed by atoms with van der Waals surface area (Å²) < 4.78 is 0. The maximum Gasteiger partial charge on any atom is 0.209 e. The van der Waals surface area contributed by atoms with Gasteiger partial charge in [-0.2, -0.15) is 0 Å². The Hall–Kier alpha value is -1.75. The molecule has 4 nitrogen and oxygen atoms in total. The first-order valence-electron chi connectivity index (χ1n) is 5.20. The molecule has 3 N–H and O–H groups in total. The zero-order valence-electron chi connectivity index (χ0n) is 9.60. The van der Waals surface area contributed by atoms with Gasteiger partial charge < -0.3 is 5.73 Å². The van der Waals surface area contributed by atoms with Crippen molar-refractivity contribution in [2.45, 2.75) is 12.1 Å². The van der Waals surface area contributed by atoms with E-state index in [9.17, 15) is 0 Å². The molecule has 1 aromatic heterocycles. The minimum absolute atomic E-state index is 0.736. The molecule has 2 aromatic rings. The minimum atomic E-state index is 0.736. The highest BCUT2D eigenvalue weighted by atomic mass is 32.2. The molecule has 5 heteroatoms. The van der Waals surface area contributed by atoms with Crippen molar-refractivity contribution in [1.29, 1.82) is 0 Å². The first-order valence-corrected chi connectivity index (χ1v) is 6.19. The normalized spacial score (nSPS) is 10.4. The third-order valence-corrected chi connectivity index (χ3v) is 3.17. The van der Waals surface area contributed by atoms with E-state index in [1.165, 1.54) is 0 Å². The zero-order chi connectivity index (χ0) is 12.3. The van der Waals surface area contributed by atoms with Crippen LogP contribution in [0.1, 0.15) is 6.92 Å². The van der Waals surface area contributed by atoms with Crippen molar-refractivity contribution in [1.82, 2.24) is 15.2 Å². The van der Waals surface area contributed by atoms with Crippen LogP contribution in [0.15, 0.2) is 41.6 Å². The molecule has 17 heavy (non-hydrogen) atoms. The van der Waals surface area contributed by atoms with E-state index in [4.69, 9.17) is 5.73 Å². The second kappa shape index (κ2) is 5.05. The van der Waals surface area contributed by atoms with E-state index >= 15 is 0 Å². The number of benzene rings is 1. The van der Waals surface area contributed by atoms with Crippen LogP contribution in [0, 0.1) is 0 Å². The average molecular weight is 246 g/mol. The Labute approximate surface area is 104 Å². The molecule has 0 aliphatic carbocycles. The topological polar surface area (TPSA) is 67.6 Å². The van der Waals surface area contributed by atoms with Crippen molar-refractivity contribution in [2.24, 2.45) is 0 Å². The highest BCUT2D eigenvalue weighted by Gasteiger charge is 2.05. The summed E-state index contributed by atoms with van der Waals surface area (Å²) in [4.78, 5) is 4.40. The first-order chi connectivity index (χ1) is 8.15. The molecule has 0 fully saturated rings. The van der Waals surface area contributed by atoms with Gasteiger partial charge in [-0.15, -0.1) is 5.10 Å². The summed E-state index contributed by atoms with van der Waals surface area (Å²) in [6, 6.07) is 7.53. The molecule has 0 saturated heterocycles. The Kier molecular flexibility index (Phi) is 3.49. The second-order valence-corrected chi connectivity index (χ2v) is 4.78. The molecule has 0 atom stereocenters. The summed E-state index contributed by atoms with van der Waals surface area (Å²) >= 11 is 1.57. The molecule has 1 aromatic carbocycles. The van der Waals surface area contributed by atoms with Crippen LogP contribution in [0.25, 0.3) is 11.4 Å². The number of hydrogen-bond donors (Lipinski definition) is 2. The molecule has 1 heterocycles. The molecule has 0 radical (unpaired) electrons. The van der Waals surface area contributed by atoms with Gasteiger partial charge in [-0.25, -0.2) is 4.98 Å². The van der Waals surface area contributed by atoms with Gasteiger partial charge in [-0.3, -0.25) is 5.10 Å². The fourth-order valence-electron chi connectivity index (χ4n) is 1.27. The van der Waals surface area contributed by atoms with Crippen LogP contribution < -0.4 is 5.73 Å². The number of hydrogen-bond acceptors (Lipinski definition) is 4. The van der Waals surface area contributed by atoms with Crippen molar-refractivity contribution in [3.63, 3.8) is 0 Å². The van der Waals surface area contributed by atoms with Crippen LogP contribution in [0.2, 0.25) is 0 Å². The van der Waals surface area contributed by atoms with E-state index < -0.39 is 0 Å². The number of nitrogens with two attached hydrogens (primary N) is 1. The third-order valence-electron chi connectivity index (χ3n) is 2.10. The molecular formula is C12H14N4S. The second-order valence-electron chi connectivity index (χ2n) is 3.83. The smallest absolute Gasteiger partial charge is 0.209 e. The number of nitrogens with zero attached hydrogens (tertiary/aromatic N) is 2. The molecule has 88 valence electrons. The van der Waals surface area contributed by atoms with Crippen molar-refractivity contribution in [2.75, 3.05) is 11.5 Å². The largest absolute Gasteiger partial charge is 0.399 e. The summed E-state index contributed by atoms with van der Waals surface area (Å²) in [7, 11) is 0. The van der Waals surface area contributed by atoms with Crippen LogP contribution in [-0.4, -0.2) is 20.9 Å². The van der Waals surface area contributed by atoms with E-state index in [1.807, 2.05) is 31.2 Å². The van der Waals surface area contributed by atoms with Crippen molar-refractivity contribution >= 4 is 17.4 Å². The molecule has 0 aliphatic rings. The van der Waals surface area contributed by atoms with Crippen LogP contribution in [0.3, 0.4) is 0 Å². The number of thioether (sulfide) groups is 1. The van der Waals surface area contributed by atoms with Gasteiger partial charge in [0.1, 0.15) is 0 Å². The van der Waals surface area contributed by atoms with E-state index in [0.717, 1.165) is 33.6 Å². The fraction of sp³-hybridized carbons (Fsp3) is 0.167. The summed E-state index contributed by atoms with van der Waals surface area (Å²) in [5, 5.41) is 7.79. The molecular weight excluding hydrogens is 232 g/mol. The standard InChI is InChI=1S/C12H14N4S/c1-8(2)7-17-12-14-11(15-16-12)9-3-5-10(13)6-4-9/h3-6H,1,7,13H2,2H3,(H,14,15,16). The van der Waals surface area contributed by atoms with Crippen LogP contribution in [0.5, 0.6) is 0 Å². The predicted molar refractivity (Wildman–Crippen MR) is 71.8 cm³/mol. The Balaban J connectivity index is 2.12. The fourth-order valence-corrected chi connectivity index (χ4v) is 1.91. The lowest BCUT2D eigenvalue weighted by Crippen LogP contribution is -1.85. The maximum absolute atomic E-state index is 5.63. The number of nitrogens with one attached hydrogen (secondary N) is 1.